The number of rotatable bonds is 0. The van der Waals surface area contributed by atoms with Crippen LogP contribution < -0.4 is 113 Å². The van der Waals surface area contributed by atoms with Crippen LogP contribution in [0.15, 0.2) is 0 Å². The minimum Gasteiger partial charge on any atom is -0.543 e. The van der Waals surface area contributed by atoms with Crippen molar-refractivity contribution in [2.24, 2.45) is 0 Å². The molecule has 0 heterocycles. The standard InChI is InChI=1S/C2H2O4.2K/c3-1(4)2(5)6;;/h(H,3,4)(H,5,6);;/q;2*+1/p-2. The maximum atomic E-state index is 8.93. The van der Waals surface area contributed by atoms with Gasteiger partial charge in [0.2, 0.25) is 0 Å². The predicted octanol–water partition coefficient (Wildman–Crippen LogP) is -9.51. The first kappa shape index (κ1) is 16.7. The summed E-state index contributed by atoms with van der Waals surface area (Å²) >= 11 is 0. The summed E-state index contributed by atoms with van der Waals surface area (Å²) in [4.78, 5) is 17.9. The van der Waals surface area contributed by atoms with Crippen molar-refractivity contribution in [2.75, 3.05) is 0 Å². The molecule has 0 N–H and O–H groups in total. The Morgan fingerprint density at radius 1 is 0.875 bits per heavy atom. The Kier molecular flexibility index (Phi) is 19.2. The van der Waals surface area contributed by atoms with Gasteiger partial charge in [-0.15, -0.1) is 0 Å². The number of hydrogen-bond donors (Lipinski definition) is 0. The Balaban J connectivity index is -0.000000125. The van der Waals surface area contributed by atoms with Gasteiger partial charge in [-0.1, -0.05) is 0 Å². The Morgan fingerprint density at radius 3 is 1.00 bits per heavy atom. The molecule has 0 aromatic rings. The summed E-state index contributed by atoms with van der Waals surface area (Å²) in [5.41, 5.74) is 0. The Hall–Kier alpha value is 2.21. The van der Waals surface area contributed by atoms with E-state index in [0.717, 1.165) is 0 Å². The van der Waals surface area contributed by atoms with Gasteiger partial charge in [-0.3, -0.25) is 0 Å². The molecule has 0 radical (unpaired) electrons. The molecule has 0 aromatic heterocycles. The van der Waals surface area contributed by atoms with Crippen LogP contribution in [0.4, 0.5) is 0 Å². The third kappa shape index (κ3) is 11.1. The molecule has 8 heavy (non-hydrogen) atoms. The zero-order valence-corrected chi connectivity index (χ0v) is 10.9. The van der Waals surface area contributed by atoms with E-state index in [0.29, 0.717) is 0 Å². The number of hydrogen-bond acceptors (Lipinski definition) is 4. The van der Waals surface area contributed by atoms with Crippen LogP contribution in [0.3, 0.4) is 0 Å². The Labute approximate surface area is 131 Å². The van der Waals surface area contributed by atoms with Crippen LogP contribution in [-0.2, 0) is 9.59 Å². The summed E-state index contributed by atoms with van der Waals surface area (Å²) < 4.78 is 0. The van der Waals surface area contributed by atoms with E-state index in [1.165, 1.54) is 0 Å². The molecule has 0 amide bonds. The molecule has 4 nitrogen and oxygen atoms in total. The van der Waals surface area contributed by atoms with E-state index in [4.69, 9.17) is 19.8 Å². The number of carbonyl (C=O) groups excluding carboxylic acids is 2. The summed E-state index contributed by atoms with van der Waals surface area (Å²) in [6.07, 6.45) is 0. The Morgan fingerprint density at radius 2 is 1.00 bits per heavy atom. The number of aliphatic carboxylic acids is 2. The fourth-order valence-corrected chi connectivity index (χ4v) is 0. The molecular weight excluding hydrogens is 166 g/mol. The van der Waals surface area contributed by atoms with Gasteiger partial charge in [-0.25, -0.2) is 0 Å². The monoisotopic (exact) mass is 166 g/mol. The second kappa shape index (κ2) is 9.21. The maximum absolute atomic E-state index is 8.93. The molecule has 0 saturated heterocycles. The molecule has 0 rings (SSSR count). The molecule has 0 aliphatic rings. The van der Waals surface area contributed by atoms with Crippen molar-refractivity contribution < 1.29 is 123 Å². The topological polar surface area (TPSA) is 80.3 Å². The van der Waals surface area contributed by atoms with Gasteiger partial charge in [-0.05, 0) is 0 Å². The van der Waals surface area contributed by atoms with E-state index in [2.05, 4.69) is 0 Å². The SMILES string of the molecule is O=C([O-])C(=O)[O-].[K+].[K+]. The van der Waals surface area contributed by atoms with E-state index in [-0.39, 0.29) is 103 Å². The van der Waals surface area contributed by atoms with E-state index >= 15 is 0 Å². The fourth-order valence-electron chi connectivity index (χ4n) is 0. The largest absolute Gasteiger partial charge is 1.00 e. The summed E-state index contributed by atoms with van der Waals surface area (Å²) in [7, 11) is 0. The molecule has 0 spiro atoms. The van der Waals surface area contributed by atoms with Gasteiger partial charge in [0.05, 0.1) is 11.9 Å². The minimum absolute atomic E-state index is 0. The number of carboxylic acid groups (broad SMARTS) is 2. The van der Waals surface area contributed by atoms with Gasteiger partial charge in [-0.2, -0.15) is 0 Å². The second-order valence-electron chi connectivity index (χ2n) is 0.575. The normalized spacial score (nSPS) is 5.50. The third-order valence-electron chi connectivity index (χ3n) is 0.167. The second-order valence-corrected chi connectivity index (χ2v) is 0.575. The van der Waals surface area contributed by atoms with Crippen molar-refractivity contribution in [3.63, 3.8) is 0 Å². The molecule has 34 valence electrons. The molecule has 0 aliphatic carbocycles. The average Bonchev–Trinajstić information content (AvgIpc) is 1.36. The molecular formula is C2K2O4. The zero-order valence-electron chi connectivity index (χ0n) is 4.63. The van der Waals surface area contributed by atoms with Crippen LogP contribution in [-0.4, -0.2) is 11.9 Å². The molecule has 0 fully saturated rings. The van der Waals surface area contributed by atoms with Gasteiger partial charge in [0.15, 0.2) is 0 Å². The molecule has 6 heteroatoms. The van der Waals surface area contributed by atoms with E-state index in [1.807, 2.05) is 0 Å². The third-order valence-corrected chi connectivity index (χ3v) is 0.167. The van der Waals surface area contributed by atoms with Crippen LogP contribution in [0.5, 0.6) is 0 Å². The summed E-state index contributed by atoms with van der Waals surface area (Å²) in [6.45, 7) is 0. The molecule has 0 atom stereocenters. The maximum Gasteiger partial charge on any atom is 1.00 e. The first-order valence-electron chi connectivity index (χ1n) is 1.07. The van der Waals surface area contributed by atoms with E-state index in [1.54, 1.807) is 0 Å². The number of carboxylic acids is 2. The Bertz CT molecular complexity index is 78.0. The first-order chi connectivity index (χ1) is 2.64. The molecule has 0 bridgehead atoms. The van der Waals surface area contributed by atoms with Crippen LogP contribution in [0, 0.1) is 0 Å². The van der Waals surface area contributed by atoms with Crippen molar-refractivity contribution in [2.45, 2.75) is 0 Å². The van der Waals surface area contributed by atoms with Gasteiger partial charge in [0.25, 0.3) is 0 Å². The van der Waals surface area contributed by atoms with Crippen molar-refractivity contribution >= 4 is 11.9 Å². The summed E-state index contributed by atoms with van der Waals surface area (Å²) in [5.74, 6) is -4.37. The molecule has 0 aliphatic heterocycles. The van der Waals surface area contributed by atoms with Crippen LogP contribution in [0.1, 0.15) is 0 Å². The molecule has 0 aromatic carbocycles. The van der Waals surface area contributed by atoms with Crippen molar-refractivity contribution in [3.8, 4) is 0 Å². The minimum atomic E-state index is -2.19. The van der Waals surface area contributed by atoms with Crippen molar-refractivity contribution in [1.82, 2.24) is 0 Å². The van der Waals surface area contributed by atoms with Crippen LogP contribution in [0.2, 0.25) is 0 Å². The van der Waals surface area contributed by atoms with E-state index < -0.39 is 11.9 Å². The van der Waals surface area contributed by atoms with Crippen LogP contribution >= 0.6 is 0 Å². The first-order valence-corrected chi connectivity index (χ1v) is 1.07. The van der Waals surface area contributed by atoms with Crippen molar-refractivity contribution in [1.29, 1.82) is 0 Å². The number of carbonyl (C=O) groups is 2. The zero-order chi connectivity index (χ0) is 5.15. The van der Waals surface area contributed by atoms with Crippen molar-refractivity contribution in [3.05, 3.63) is 0 Å². The molecule has 0 unspecified atom stereocenters. The summed E-state index contributed by atoms with van der Waals surface area (Å²) in [6, 6.07) is 0. The van der Waals surface area contributed by atoms with Gasteiger partial charge < -0.3 is 19.8 Å². The van der Waals surface area contributed by atoms with Gasteiger partial charge in [0.1, 0.15) is 0 Å². The fraction of sp³-hybridized carbons (Fsp3) is 0. The smallest absolute Gasteiger partial charge is 0.543 e. The van der Waals surface area contributed by atoms with Crippen LogP contribution in [0.25, 0.3) is 0 Å². The van der Waals surface area contributed by atoms with E-state index in [9.17, 15) is 0 Å². The predicted molar refractivity (Wildman–Crippen MR) is 10.0 cm³/mol. The van der Waals surface area contributed by atoms with Gasteiger partial charge >= 0.3 is 103 Å². The van der Waals surface area contributed by atoms with Gasteiger partial charge in [0, 0.05) is 0 Å². The molecule has 0 saturated carbocycles. The quantitative estimate of drug-likeness (QED) is 0.264. The summed E-state index contributed by atoms with van der Waals surface area (Å²) in [5, 5.41) is 17.9. The average molecular weight is 166 g/mol.